The maximum absolute atomic E-state index is 12.2. The summed E-state index contributed by atoms with van der Waals surface area (Å²) >= 11 is 0. The Labute approximate surface area is 98.2 Å². The molecule has 0 saturated carbocycles. The molecule has 0 aliphatic heterocycles. The number of rotatable bonds is 3. The maximum atomic E-state index is 12.2. The molecule has 86 valence electrons. The van der Waals surface area contributed by atoms with E-state index < -0.39 is 0 Å². The molecule has 0 aliphatic rings. The molecular formula is C15H20O. The van der Waals surface area contributed by atoms with Crippen molar-refractivity contribution in [2.45, 2.75) is 40.5 Å². The summed E-state index contributed by atoms with van der Waals surface area (Å²) < 4.78 is 0. The zero-order valence-corrected chi connectivity index (χ0v) is 10.8. The topological polar surface area (TPSA) is 17.1 Å². The Morgan fingerprint density at radius 3 is 2.44 bits per heavy atom. The molecule has 1 rings (SSSR count). The molecule has 0 fully saturated rings. The molecule has 0 N–H and O–H groups in total. The minimum atomic E-state index is 0.148. The number of Topliss-reactive ketones (excluding diaryl/α,β-unsaturated/α-hetero) is 1. The normalized spacial score (nSPS) is 12.0. The predicted molar refractivity (Wildman–Crippen MR) is 69.0 cm³/mol. The molecule has 0 atom stereocenters. The first-order chi connectivity index (χ1) is 7.47. The van der Waals surface area contributed by atoms with Crippen LogP contribution in [0.25, 0.3) is 0 Å². The fourth-order valence-electron chi connectivity index (χ4n) is 1.71. The Balaban J connectivity index is 3.30. The number of hydrogen-bond donors (Lipinski definition) is 0. The van der Waals surface area contributed by atoms with Crippen LogP contribution in [0.15, 0.2) is 29.8 Å². The summed E-state index contributed by atoms with van der Waals surface area (Å²) in [6.45, 7) is 10.0. The first-order valence-corrected chi connectivity index (χ1v) is 5.75. The van der Waals surface area contributed by atoms with Gasteiger partial charge >= 0.3 is 0 Å². The highest BCUT2D eigenvalue weighted by atomic mass is 16.1. The molecule has 1 heteroatoms. The molecule has 0 bridgehead atoms. The molecular weight excluding hydrogens is 196 g/mol. The van der Waals surface area contributed by atoms with Gasteiger partial charge in [0.1, 0.15) is 0 Å². The lowest BCUT2D eigenvalue weighted by Crippen LogP contribution is -2.06. The summed E-state index contributed by atoms with van der Waals surface area (Å²) in [5, 5.41) is 0. The van der Waals surface area contributed by atoms with Crippen LogP contribution in [-0.2, 0) is 0 Å². The van der Waals surface area contributed by atoms with E-state index in [0.29, 0.717) is 5.92 Å². The second-order valence-corrected chi connectivity index (χ2v) is 4.55. The lowest BCUT2D eigenvalue weighted by Gasteiger charge is -2.13. The van der Waals surface area contributed by atoms with E-state index in [2.05, 4.69) is 26.0 Å². The second kappa shape index (κ2) is 5.11. The molecule has 1 aromatic carbocycles. The Kier molecular flexibility index (Phi) is 4.05. The van der Waals surface area contributed by atoms with Crippen molar-refractivity contribution in [2.75, 3.05) is 0 Å². The van der Waals surface area contributed by atoms with Crippen molar-refractivity contribution in [1.82, 2.24) is 0 Å². The third kappa shape index (κ3) is 2.60. The maximum Gasteiger partial charge on any atom is 0.188 e. The van der Waals surface area contributed by atoms with Crippen LogP contribution in [-0.4, -0.2) is 5.78 Å². The molecule has 0 heterocycles. The van der Waals surface area contributed by atoms with Crippen molar-refractivity contribution in [3.8, 4) is 0 Å². The fourth-order valence-corrected chi connectivity index (χ4v) is 1.71. The van der Waals surface area contributed by atoms with Gasteiger partial charge in [0.2, 0.25) is 0 Å². The highest BCUT2D eigenvalue weighted by Crippen LogP contribution is 2.23. The summed E-state index contributed by atoms with van der Waals surface area (Å²) in [7, 11) is 0. The van der Waals surface area contributed by atoms with Crippen molar-refractivity contribution in [2.24, 2.45) is 0 Å². The monoisotopic (exact) mass is 216 g/mol. The Morgan fingerprint density at radius 1 is 1.31 bits per heavy atom. The van der Waals surface area contributed by atoms with Crippen molar-refractivity contribution in [3.63, 3.8) is 0 Å². The van der Waals surface area contributed by atoms with E-state index >= 15 is 0 Å². The summed E-state index contributed by atoms with van der Waals surface area (Å²) in [6, 6.07) is 6.12. The molecule has 0 spiro atoms. The molecule has 16 heavy (non-hydrogen) atoms. The van der Waals surface area contributed by atoms with Gasteiger partial charge in [0.25, 0.3) is 0 Å². The number of benzene rings is 1. The highest BCUT2D eigenvalue weighted by Gasteiger charge is 2.14. The summed E-state index contributed by atoms with van der Waals surface area (Å²) in [5.74, 6) is 0.527. The molecule has 1 nitrogen and oxygen atoms in total. The van der Waals surface area contributed by atoms with Crippen molar-refractivity contribution in [1.29, 1.82) is 0 Å². The van der Waals surface area contributed by atoms with E-state index in [1.54, 1.807) is 0 Å². The molecule has 0 radical (unpaired) electrons. The minimum absolute atomic E-state index is 0.148. The van der Waals surface area contributed by atoms with Gasteiger partial charge in [-0.15, -0.1) is 0 Å². The van der Waals surface area contributed by atoms with Gasteiger partial charge in [-0.3, -0.25) is 4.79 Å². The van der Waals surface area contributed by atoms with Gasteiger partial charge < -0.3 is 0 Å². The minimum Gasteiger partial charge on any atom is -0.289 e. The summed E-state index contributed by atoms with van der Waals surface area (Å²) in [5.41, 5.74) is 3.94. The average Bonchev–Trinajstić information content (AvgIpc) is 2.26. The van der Waals surface area contributed by atoms with Crippen LogP contribution in [0.2, 0.25) is 0 Å². The number of carbonyl (C=O) groups excluding carboxylic acids is 1. The van der Waals surface area contributed by atoms with E-state index in [9.17, 15) is 4.79 Å². The lowest BCUT2D eigenvalue weighted by atomic mass is 9.91. The number of carbonyl (C=O) groups is 1. The zero-order valence-electron chi connectivity index (χ0n) is 10.8. The zero-order chi connectivity index (χ0) is 12.3. The molecule has 0 unspecified atom stereocenters. The second-order valence-electron chi connectivity index (χ2n) is 4.55. The SMILES string of the molecule is C/C=C(/C)C(=O)c1cc(C)ccc1C(C)C. The van der Waals surface area contributed by atoms with E-state index in [0.717, 1.165) is 22.3 Å². The van der Waals surface area contributed by atoms with E-state index in [1.165, 1.54) is 0 Å². The molecule has 0 saturated heterocycles. The first-order valence-electron chi connectivity index (χ1n) is 5.75. The Hall–Kier alpha value is -1.37. The van der Waals surface area contributed by atoms with Gasteiger partial charge in [-0.1, -0.05) is 37.6 Å². The number of ketones is 1. The highest BCUT2D eigenvalue weighted by molar-refractivity contribution is 6.09. The number of allylic oxidation sites excluding steroid dienone is 2. The van der Waals surface area contributed by atoms with E-state index in [1.807, 2.05) is 32.9 Å². The van der Waals surface area contributed by atoms with Crippen LogP contribution in [0.5, 0.6) is 0 Å². The van der Waals surface area contributed by atoms with Gasteiger partial charge in [0, 0.05) is 5.56 Å². The summed E-state index contributed by atoms with van der Waals surface area (Å²) in [4.78, 5) is 12.2. The van der Waals surface area contributed by atoms with Gasteiger partial charge in [0.15, 0.2) is 5.78 Å². The Bertz CT molecular complexity index is 425. The van der Waals surface area contributed by atoms with Crippen LogP contribution in [0.3, 0.4) is 0 Å². The van der Waals surface area contributed by atoms with Crippen LogP contribution in [0, 0.1) is 6.92 Å². The molecule has 0 amide bonds. The third-order valence-corrected chi connectivity index (χ3v) is 2.87. The van der Waals surface area contributed by atoms with E-state index in [-0.39, 0.29) is 5.78 Å². The number of hydrogen-bond acceptors (Lipinski definition) is 1. The summed E-state index contributed by atoms with van der Waals surface area (Å²) in [6.07, 6.45) is 1.87. The quantitative estimate of drug-likeness (QED) is 0.545. The third-order valence-electron chi connectivity index (χ3n) is 2.87. The van der Waals surface area contributed by atoms with Gasteiger partial charge in [-0.25, -0.2) is 0 Å². The smallest absolute Gasteiger partial charge is 0.188 e. The van der Waals surface area contributed by atoms with Crippen LogP contribution in [0.1, 0.15) is 55.1 Å². The number of aryl methyl sites for hydroxylation is 1. The predicted octanol–water partition coefficient (Wildman–Crippen LogP) is 4.27. The van der Waals surface area contributed by atoms with Crippen molar-refractivity contribution >= 4 is 5.78 Å². The van der Waals surface area contributed by atoms with Crippen LogP contribution < -0.4 is 0 Å². The fraction of sp³-hybridized carbons (Fsp3) is 0.400. The van der Waals surface area contributed by atoms with E-state index in [4.69, 9.17) is 0 Å². The Morgan fingerprint density at radius 2 is 1.94 bits per heavy atom. The van der Waals surface area contributed by atoms with Gasteiger partial charge in [-0.05, 0) is 43.9 Å². The lowest BCUT2D eigenvalue weighted by molar-refractivity contribution is 0.103. The van der Waals surface area contributed by atoms with Crippen LogP contribution in [0.4, 0.5) is 0 Å². The van der Waals surface area contributed by atoms with Crippen LogP contribution >= 0.6 is 0 Å². The average molecular weight is 216 g/mol. The molecule has 0 aromatic heterocycles. The van der Waals surface area contributed by atoms with Crippen molar-refractivity contribution < 1.29 is 4.79 Å². The standard InChI is InChI=1S/C15H20O/c1-6-12(5)15(16)14-9-11(4)7-8-13(14)10(2)3/h6-10H,1-5H3/b12-6-. The van der Waals surface area contributed by atoms with Gasteiger partial charge in [0.05, 0.1) is 0 Å². The molecule has 0 aliphatic carbocycles. The largest absolute Gasteiger partial charge is 0.289 e. The van der Waals surface area contributed by atoms with Crippen molar-refractivity contribution in [3.05, 3.63) is 46.5 Å². The van der Waals surface area contributed by atoms with Gasteiger partial charge in [-0.2, -0.15) is 0 Å². The first kappa shape index (κ1) is 12.7. The molecule has 1 aromatic rings.